The average molecular weight is 291 g/mol. The Morgan fingerprint density at radius 2 is 1.86 bits per heavy atom. The first-order valence-electron chi connectivity index (χ1n) is 6.88. The van der Waals surface area contributed by atoms with Crippen molar-refractivity contribution in [3.63, 3.8) is 0 Å². The number of benzene rings is 2. The minimum absolute atomic E-state index is 0.262. The molecule has 2 aromatic carbocycles. The van der Waals surface area contributed by atoms with Gasteiger partial charge in [-0.05, 0) is 36.4 Å². The smallest absolute Gasteiger partial charge is 0.303 e. The molecule has 3 heteroatoms. The predicted octanol–water partition coefficient (Wildman–Crippen LogP) is 3.27. The molecule has 0 saturated heterocycles. The fraction of sp³-hybridized carbons (Fsp3) is 0.105. The van der Waals surface area contributed by atoms with Gasteiger partial charge in [0.25, 0.3) is 0 Å². The molecule has 0 unspecified atom stereocenters. The monoisotopic (exact) mass is 291 g/mol. The highest BCUT2D eigenvalue weighted by atomic mass is 16.5. The lowest BCUT2D eigenvalue weighted by atomic mass is 10.2. The molecule has 2 aromatic rings. The second kappa shape index (κ2) is 7.70. The summed E-state index contributed by atoms with van der Waals surface area (Å²) < 4.78 is 5.09. The number of anilines is 1. The molecule has 0 aliphatic heterocycles. The fourth-order valence-corrected chi connectivity index (χ4v) is 1.91. The van der Waals surface area contributed by atoms with E-state index in [2.05, 4.69) is 18.4 Å². The molecule has 0 spiro atoms. The van der Waals surface area contributed by atoms with Crippen LogP contribution in [0.1, 0.15) is 5.56 Å². The number of hydrogen-bond donors (Lipinski definition) is 0. The van der Waals surface area contributed by atoms with Crippen molar-refractivity contribution in [3.8, 4) is 17.6 Å². The first-order chi connectivity index (χ1) is 10.7. The highest BCUT2D eigenvalue weighted by Gasteiger charge is 2.11. The normalized spacial score (nSPS) is 9.32. The third-order valence-corrected chi connectivity index (χ3v) is 3.03. The third kappa shape index (κ3) is 4.00. The Kier molecular flexibility index (Phi) is 5.39. The van der Waals surface area contributed by atoms with Crippen LogP contribution in [-0.4, -0.2) is 19.6 Å². The van der Waals surface area contributed by atoms with Crippen LogP contribution in [0, 0.1) is 11.8 Å². The van der Waals surface area contributed by atoms with Crippen LogP contribution in [0.3, 0.4) is 0 Å². The van der Waals surface area contributed by atoms with Crippen molar-refractivity contribution in [1.29, 1.82) is 0 Å². The van der Waals surface area contributed by atoms with E-state index in [9.17, 15) is 4.79 Å². The standard InChI is InChI=1S/C19H17NO2/c1-3-15-20(17-7-5-4-6-8-17)19(21)14-11-16-9-12-18(22-2)13-10-16/h3-10,12-13H,1,15H2,2H3. The average Bonchev–Trinajstić information content (AvgIpc) is 2.58. The zero-order chi connectivity index (χ0) is 15.8. The molecule has 1 amide bonds. The van der Waals surface area contributed by atoms with Crippen molar-refractivity contribution in [1.82, 2.24) is 0 Å². The second-order valence-corrected chi connectivity index (χ2v) is 4.52. The molecule has 0 heterocycles. The largest absolute Gasteiger partial charge is 0.497 e. The molecule has 0 N–H and O–H groups in total. The maximum Gasteiger partial charge on any atom is 0.303 e. The summed E-state index contributed by atoms with van der Waals surface area (Å²) in [6.45, 7) is 4.11. The van der Waals surface area contributed by atoms with Crippen LogP contribution in [0.15, 0.2) is 67.3 Å². The van der Waals surface area contributed by atoms with E-state index in [1.54, 1.807) is 18.1 Å². The molecule has 0 saturated carbocycles. The van der Waals surface area contributed by atoms with E-state index < -0.39 is 0 Å². The number of carbonyl (C=O) groups is 1. The first kappa shape index (κ1) is 15.4. The number of hydrogen-bond acceptors (Lipinski definition) is 2. The van der Waals surface area contributed by atoms with E-state index >= 15 is 0 Å². The van der Waals surface area contributed by atoms with Gasteiger partial charge in [-0.25, -0.2) is 0 Å². The Balaban J connectivity index is 2.18. The number of carbonyl (C=O) groups excluding carboxylic acids is 1. The fourth-order valence-electron chi connectivity index (χ4n) is 1.91. The predicted molar refractivity (Wildman–Crippen MR) is 88.9 cm³/mol. The maximum absolute atomic E-state index is 12.3. The minimum atomic E-state index is -0.262. The molecule has 0 bridgehead atoms. The summed E-state index contributed by atoms with van der Waals surface area (Å²) >= 11 is 0. The quantitative estimate of drug-likeness (QED) is 0.639. The van der Waals surface area contributed by atoms with Crippen molar-refractivity contribution < 1.29 is 9.53 Å². The lowest BCUT2D eigenvalue weighted by Gasteiger charge is -2.18. The molecule has 110 valence electrons. The number of amides is 1. The lowest BCUT2D eigenvalue weighted by molar-refractivity contribution is -0.113. The Bertz CT molecular complexity index is 694. The molecule has 3 nitrogen and oxygen atoms in total. The molecule has 0 atom stereocenters. The van der Waals surface area contributed by atoms with Gasteiger partial charge in [-0.1, -0.05) is 30.2 Å². The molecular weight excluding hydrogens is 274 g/mol. The van der Waals surface area contributed by atoms with Gasteiger partial charge in [0.15, 0.2) is 0 Å². The van der Waals surface area contributed by atoms with Crippen LogP contribution in [-0.2, 0) is 4.79 Å². The summed E-state index contributed by atoms with van der Waals surface area (Å²) in [5, 5.41) is 0. The van der Waals surface area contributed by atoms with Crippen LogP contribution >= 0.6 is 0 Å². The van der Waals surface area contributed by atoms with Crippen LogP contribution < -0.4 is 9.64 Å². The van der Waals surface area contributed by atoms with E-state index in [1.807, 2.05) is 54.6 Å². The summed E-state index contributed by atoms with van der Waals surface area (Å²) in [6, 6.07) is 16.7. The molecule has 0 fully saturated rings. The van der Waals surface area contributed by atoms with Gasteiger partial charge in [-0.3, -0.25) is 9.69 Å². The second-order valence-electron chi connectivity index (χ2n) is 4.52. The Morgan fingerprint density at radius 1 is 1.18 bits per heavy atom. The molecule has 0 radical (unpaired) electrons. The third-order valence-electron chi connectivity index (χ3n) is 3.03. The van der Waals surface area contributed by atoms with E-state index in [0.717, 1.165) is 17.0 Å². The Morgan fingerprint density at radius 3 is 2.45 bits per heavy atom. The Hall–Kier alpha value is -2.99. The number of para-hydroxylation sites is 1. The van der Waals surface area contributed by atoms with Gasteiger partial charge in [-0.2, -0.15) is 0 Å². The van der Waals surface area contributed by atoms with Gasteiger partial charge in [0, 0.05) is 23.7 Å². The van der Waals surface area contributed by atoms with E-state index in [-0.39, 0.29) is 5.91 Å². The topological polar surface area (TPSA) is 29.5 Å². The van der Waals surface area contributed by atoms with Gasteiger partial charge in [0.05, 0.1) is 7.11 Å². The van der Waals surface area contributed by atoms with Crippen molar-refractivity contribution in [2.45, 2.75) is 0 Å². The first-order valence-corrected chi connectivity index (χ1v) is 6.88. The van der Waals surface area contributed by atoms with Gasteiger partial charge < -0.3 is 4.74 Å². The molecule has 0 aliphatic rings. The number of methoxy groups -OCH3 is 1. The van der Waals surface area contributed by atoms with Crippen LogP contribution in [0.2, 0.25) is 0 Å². The van der Waals surface area contributed by atoms with E-state index in [1.165, 1.54) is 0 Å². The Labute approximate surface area is 130 Å². The van der Waals surface area contributed by atoms with Gasteiger partial charge >= 0.3 is 5.91 Å². The number of rotatable bonds is 4. The van der Waals surface area contributed by atoms with Crippen LogP contribution in [0.25, 0.3) is 0 Å². The SMILES string of the molecule is C=CCN(C(=O)C#Cc1ccc(OC)cc1)c1ccccc1. The van der Waals surface area contributed by atoms with Crippen molar-refractivity contribution in [3.05, 3.63) is 72.8 Å². The van der Waals surface area contributed by atoms with Crippen molar-refractivity contribution in [2.24, 2.45) is 0 Å². The number of nitrogens with zero attached hydrogens (tertiary/aromatic N) is 1. The zero-order valence-corrected chi connectivity index (χ0v) is 12.5. The van der Waals surface area contributed by atoms with Gasteiger partial charge in [0.1, 0.15) is 5.75 Å². The lowest BCUT2D eigenvalue weighted by Crippen LogP contribution is -2.29. The molecular formula is C19H17NO2. The van der Waals surface area contributed by atoms with Gasteiger partial charge in [-0.15, -0.1) is 6.58 Å². The van der Waals surface area contributed by atoms with Crippen LogP contribution in [0.4, 0.5) is 5.69 Å². The summed E-state index contributed by atoms with van der Waals surface area (Å²) in [6.07, 6.45) is 1.68. The summed E-state index contributed by atoms with van der Waals surface area (Å²) in [5.41, 5.74) is 1.57. The van der Waals surface area contributed by atoms with E-state index in [0.29, 0.717) is 6.54 Å². The highest BCUT2D eigenvalue weighted by molar-refractivity contribution is 6.06. The highest BCUT2D eigenvalue weighted by Crippen LogP contribution is 2.13. The summed E-state index contributed by atoms with van der Waals surface area (Å²) in [4.78, 5) is 13.9. The molecule has 2 rings (SSSR count). The van der Waals surface area contributed by atoms with Crippen molar-refractivity contribution >= 4 is 11.6 Å². The van der Waals surface area contributed by atoms with Crippen LogP contribution in [0.5, 0.6) is 5.75 Å². The summed E-state index contributed by atoms with van der Waals surface area (Å²) in [7, 11) is 1.61. The molecule has 22 heavy (non-hydrogen) atoms. The molecule has 0 aromatic heterocycles. The summed E-state index contributed by atoms with van der Waals surface area (Å²) in [5.74, 6) is 6.04. The van der Waals surface area contributed by atoms with Crippen molar-refractivity contribution in [2.75, 3.05) is 18.6 Å². The minimum Gasteiger partial charge on any atom is -0.497 e. The maximum atomic E-state index is 12.3. The van der Waals surface area contributed by atoms with E-state index in [4.69, 9.17) is 4.74 Å². The molecule has 0 aliphatic carbocycles. The number of ether oxygens (including phenoxy) is 1. The zero-order valence-electron chi connectivity index (χ0n) is 12.5. The van der Waals surface area contributed by atoms with Gasteiger partial charge in [0.2, 0.25) is 0 Å².